The number of nitrogens with zero attached hydrogens (tertiary/aromatic N) is 6. The first-order chi connectivity index (χ1) is 13.6. The Kier molecular flexibility index (Phi) is 6.40. The number of ether oxygens (including phenoxy) is 1. The van der Waals surface area contributed by atoms with Crippen LogP contribution in [0.1, 0.15) is 66.3 Å². The van der Waals surface area contributed by atoms with Crippen molar-refractivity contribution in [2.24, 2.45) is 0 Å². The van der Waals surface area contributed by atoms with Gasteiger partial charge in [-0.1, -0.05) is 24.6 Å². The molecule has 1 saturated heterocycles. The van der Waals surface area contributed by atoms with Gasteiger partial charge in [0.15, 0.2) is 0 Å². The summed E-state index contributed by atoms with van der Waals surface area (Å²) in [5.74, 6) is 0.313. The van der Waals surface area contributed by atoms with Gasteiger partial charge in [0.1, 0.15) is 5.60 Å². The van der Waals surface area contributed by atoms with E-state index in [0.29, 0.717) is 30.8 Å². The lowest BCUT2D eigenvalue weighted by Crippen LogP contribution is -2.62. The number of carbonyl (C=O) groups is 2. The van der Waals surface area contributed by atoms with E-state index < -0.39 is 11.1 Å². The summed E-state index contributed by atoms with van der Waals surface area (Å²) in [4.78, 5) is 28.9. The van der Waals surface area contributed by atoms with Crippen molar-refractivity contribution >= 4 is 23.8 Å². The van der Waals surface area contributed by atoms with Crippen molar-refractivity contribution < 1.29 is 14.3 Å². The number of carbonyl (C=O) groups excluding carboxylic acids is 2. The topological polar surface area (TPSA) is 93.4 Å². The molecule has 1 aliphatic carbocycles. The molecule has 2 fully saturated rings. The third-order valence-electron chi connectivity index (χ3n) is 5.31. The van der Waals surface area contributed by atoms with Gasteiger partial charge in [-0.15, -0.1) is 5.10 Å². The van der Waals surface area contributed by atoms with Crippen LogP contribution in [0.3, 0.4) is 0 Å². The number of amides is 2. The highest BCUT2D eigenvalue weighted by Crippen LogP contribution is 2.32. The average Bonchev–Trinajstić information content (AvgIpc) is 3.28. The van der Waals surface area contributed by atoms with E-state index in [0.717, 1.165) is 12.8 Å². The van der Waals surface area contributed by atoms with Gasteiger partial charge < -0.3 is 14.5 Å². The number of rotatable bonds is 4. The molecular weight excluding hydrogens is 392 g/mol. The molecule has 10 heteroatoms. The highest BCUT2D eigenvalue weighted by molar-refractivity contribution is 7.99. The summed E-state index contributed by atoms with van der Waals surface area (Å²) in [6, 6.07) is 0.344. The van der Waals surface area contributed by atoms with Crippen LogP contribution in [0.25, 0.3) is 0 Å². The quantitative estimate of drug-likeness (QED) is 0.686. The van der Waals surface area contributed by atoms with Crippen LogP contribution in [0.5, 0.6) is 0 Å². The fourth-order valence-electron chi connectivity index (χ4n) is 3.96. The predicted octanol–water partition coefficient (Wildman–Crippen LogP) is 2.74. The Hall–Kier alpha value is -1.84. The molecule has 2 aliphatic rings. The van der Waals surface area contributed by atoms with Gasteiger partial charge in [0.25, 0.3) is 0 Å². The molecule has 1 aliphatic heterocycles. The summed E-state index contributed by atoms with van der Waals surface area (Å²) in [6.07, 6.45) is 4.24. The highest BCUT2D eigenvalue weighted by atomic mass is 32.2. The smallest absolute Gasteiger partial charge is 0.410 e. The zero-order valence-electron chi connectivity index (χ0n) is 18.1. The fraction of sp³-hybridized carbons (Fsp3) is 0.842. The van der Waals surface area contributed by atoms with Crippen molar-refractivity contribution in [2.45, 2.75) is 82.6 Å². The zero-order chi connectivity index (χ0) is 21.2. The lowest BCUT2D eigenvalue weighted by Gasteiger charge is -2.47. The van der Waals surface area contributed by atoms with Gasteiger partial charge in [-0.25, -0.2) is 9.48 Å². The first-order valence-corrected chi connectivity index (χ1v) is 11.2. The van der Waals surface area contributed by atoms with E-state index in [-0.39, 0.29) is 17.8 Å². The van der Waals surface area contributed by atoms with Crippen LogP contribution >= 0.6 is 11.8 Å². The molecule has 1 saturated carbocycles. The molecule has 162 valence electrons. The van der Waals surface area contributed by atoms with E-state index in [1.165, 1.54) is 24.6 Å². The van der Waals surface area contributed by atoms with Crippen molar-refractivity contribution in [1.29, 1.82) is 0 Å². The number of hydrogen-bond donors (Lipinski definition) is 0. The Morgan fingerprint density at radius 1 is 1.21 bits per heavy atom. The van der Waals surface area contributed by atoms with Crippen LogP contribution < -0.4 is 0 Å². The molecule has 0 N–H and O–H groups in total. The molecule has 0 aromatic carbocycles. The Bertz CT molecular complexity index is 739. The molecule has 29 heavy (non-hydrogen) atoms. The molecule has 0 atom stereocenters. The second kappa shape index (κ2) is 8.49. The molecule has 2 heterocycles. The highest BCUT2D eigenvalue weighted by Gasteiger charge is 2.39. The van der Waals surface area contributed by atoms with Crippen LogP contribution in [0.15, 0.2) is 5.16 Å². The number of thioether (sulfide) groups is 1. The summed E-state index contributed by atoms with van der Waals surface area (Å²) < 4.78 is 7.35. The Balaban J connectivity index is 1.57. The molecule has 0 unspecified atom stereocenters. The van der Waals surface area contributed by atoms with Crippen molar-refractivity contribution in [3.63, 3.8) is 0 Å². The average molecular weight is 425 g/mol. The van der Waals surface area contributed by atoms with Crippen LogP contribution in [0, 0.1) is 0 Å². The molecule has 2 amide bonds. The lowest BCUT2D eigenvalue weighted by atomic mass is 9.99. The fourth-order valence-corrected chi connectivity index (χ4v) is 4.78. The number of tetrazole rings is 1. The van der Waals surface area contributed by atoms with Gasteiger partial charge in [0.2, 0.25) is 11.1 Å². The maximum absolute atomic E-state index is 12.9. The Labute approximate surface area is 176 Å². The molecule has 1 aromatic heterocycles. The lowest BCUT2D eigenvalue weighted by molar-refractivity contribution is -0.137. The van der Waals surface area contributed by atoms with Crippen LogP contribution in [-0.4, -0.2) is 78.5 Å². The van der Waals surface area contributed by atoms with E-state index in [4.69, 9.17) is 4.74 Å². The standard InChI is InChI=1S/C19H32N6O3S/c1-18(2,3)28-17(27)23-10-11-24(19(4,5)13-23)15(26)12-29-16-20-21-22-25(16)14-8-6-7-9-14/h14H,6-13H2,1-5H3. The maximum atomic E-state index is 12.9. The maximum Gasteiger partial charge on any atom is 0.410 e. The van der Waals surface area contributed by atoms with Gasteiger partial charge in [-0.05, 0) is 57.9 Å². The summed E-state index contributed by atoms with van der Waals surface area (Å²) in [6.45, 7) is 10.9. The summed E-state index contributed by atoms with van der Waals surface area (Å²) in [7, 11) is 0. The van der Waals surface area contributed by atoms with E-state index in [2.05, 4.69) is 15.5 Å². The van der Waals surface area contributed by atoms with E-state index in [9.17, 15) is 9.59 Å². The number of hydrogen-bond acceptors (Lipinski definition) is 7. The van der Waals surface area contributed by atoms with E-state index >= 15 is 0 Å². The number of aromatic nitrogens is 4. The summed E-state index contributed by atoms with van der Waals surface area (Å²) in [5.41, 5.74) is -1.00. The van der Waals surface area contributed by atoms with Crippen molar-refractivity contribution in [3.05, 3.63) is 0 Å². The van der Waals surface area contributed by atoms with E-state index in [1.807, 2.05) is 44.2 Å². The summed E-state index contributed by atoms with van der Waals surface area (Å²) in [5, 5.41) is 12.7. The second-order valence-corrected chi connectivity index (χ2v) is 10.3. The molecule has 1 aromatic rings. The molecule has 0 bridgehead atoms. The Morgan fingerprint density at radius 3 is 2.52 bits per heavy atom. The van der Waals surface area contributed by atoms with Crippen LogP contribution in [-0.2, 0) is 9.53 Å². The molecule has 9 nitrogen and oxygen atoms in total. The number of piperazine rings is 1. The zero-order valence-corrected chi connectivity index (χ0v) is 18.9. The minimum Gasteiger partial charge on any atom is -0.444 e. The monoisotopic (exact) mass is 424 g/mol. The van der Waals surface area contributed by atoms with Crippen LogP contribution in [0.2, 0.25) is 0 Å². The first kappa shape index (κ1) is 21.9. The predicted molar refractivity (Wildman–Crippen MR) is 110 cm³/mol. The van der Waals surface area contributed by atoms with Gasteiger partial charge in [0, 0.05) is 19.6 Å². The van der Waals surface area contributed by atoms with Gasteiger partial charge in [0.05, 0.1) is 17.3 Å². The van der Waals surface area contributed by atoms with Gasteiger partial charge in [-0.3, -0.25) is 4.79 Å². The van der Waals surface area contributed by atoms with Gasteiger partial charge in [-0.2, -0.15) is 0 Å². The molecule has 3 rings (SSSR count). The minimum absolute atomic E-state index is 0.0322. The molecule has 0 radical (unpaired) electrons. The molecule has 0 spiro atoms. The third-order valence-corrected chi connectivity index (χ3v) is 6.23. The van der Waals surface area contributed by atoms with Crippen molar-refractivity contribution in [1.82, 2.24) is 30.0 Å². The molecular formula is C19H32N6O3S. The van der Waals surface area contributed by atoms with Crippen molar-refractivity contribution in [3.8, 4) is 0 Å². The van der Waals surface area contributed by atoms with Crippen molar-refractivity contribution in [2.75, 3.05) is 25.4 Å². The Morgan fingerprint density at radius 2 is 1.90 bits per heavy atom. The largest absolute Gasteiger partial charge is 0.444 e. The SMILES string of the molecule is CC(C)(C)OC(=O)N1CCN(C(=O)CSc2nnnn2C2CCCC2)C(C)(C)C1. The third kappa shape index (κ3) is 5.40. The van der Waals surface area contributed by atoms with Gasteiger partial charge >= 0.3 is 6.09 Å². The van der Waals surface area contributed by atoms with Crippen LogP contribution in [0.4, 0.5) is 4.79 Å². The first-order valence-electron chi connectivity index (χ1n) is 10.3. The second-order valence-electron chi connectivity index (χ2n) is 9.39. The summed E-state index contributed by atoms with van der Waals surface area (Å²) >= 11 is 1.39. The minimum atomic E-state index is -0.534. The normalized spacial score (nSPS) is 20.2. The van der Waals surface area contributed by atoms with E-state index in [1.54, 1.807) is 4.90 Å².